The summed E-state index contributed by atoms with van der Waals surface area (Å²) in [4.78, 5) is 25.3. The molecule has 0 aromatic heterocycles. The third-order valence-corrected chi connectivity index (χ3v) is 3.56. The second-order valence-electron chi connectivity index (χ2n) is 6.07. The summed E-state index contributed by atoms with van der Waals surface area (Å²) in [6, 6.07) is 0.156. The maximum Gasteiger partial charge on any atom is 0.316 e. The molecule has 2 N–H and O–H groups in total. The molecule has 0 spiro atoms. The SMILES string of the molecule is CN(C(=O)C(C(=O)O)C(C)(C)C)C1CCNCC1. The molecule has 1 unspecified atom stereocenters. The number of aliphatic carboxylic acids is 1. The molecule has 1 aliphatic heterocycles. The molecule has 0 aromatic carbocycles. The maximum atomic E-state index is 12.4. The van der Waals surface area contributed by atoms with Crippen molar-refractivity contribution in [1.29, 1.82) is 0 Å². The van der Waals surface area contributed by atoms with E-state index in [4.69, 9.17) is 0 Å². The van der Waals surface area contributed by atoms with Gasteiger partial charge in [0.1, 0.15) is 5.92 Å². The van der Waals surface area contributed by atoms with Crippen LogP contribution in [0.3, 0.4) is 0 Å². The second-order valence-corrected chi connectivity index (χ2v) is 6.07. The number of nitrogens with one attached hydrogen (secondary N) is 1. The molecule has 0 aliphatic carbocycles. The Hall–Kier alpha value is -1.10. The summed E-state index contributed by atoms with van der Waals surface area (Å²) in [6.45, 7) is 7.14. The summed E-state index contributed by atoms with van der Waals surface area (Å²) in [5.74, 6) is -2.28. The van der Waals surface area contributed by atoms with Crippen LogP contribution in [-0.2, 0) is 9.59 Å². The lowest BCUT2D eigenvalue weighted by Gasteiger charge is -2.36. The average Bonchev–Trinajstić information content (AvgIpc) is 2.26. The van der Waals surface area contributed by atoms with Crippen LogP contribution in [-0.4, -0.2) is 48.1 Å². The molecule has 1 saturated heterocycles. The van der Waals surface area contributed by atoms with Crippen LogP contribution in [0.1, 0.15) is 33.6 Å². The van der Waals surface area contributed by atoms with Crippen LogP contribution in [0, 0.1) is 11.3 Å². The van der Waals surface area contributed by atoms with Crippen LogP contribution < -0.4 is 5.32 Å². The van der Waals surface area contributed by atoms with E-state index in [1.807, 2.05) is 0 Å². The van der Waals surface area contributed by atoms with Crippen LogP contribution in [0.15, 0.2) is 0 Å². The van der Waals surface area contributed by atoms with Crippen molar-refractivity contribution < 1.29 is 14.7 Å². The molecule has 0 saturated carbocycles. The van der Waals surface area contributed by atoms with Crippen molar-refractivity contribution in [2.75, 3.05) is 20.1 Å². The molecular weight excluding hydrogens is 232 g/mol. The Morgan fingerprint density at radius 3 is 2.17 bits per heavy atom. The fraction of sp³-hybridized carbons (Fsp3) is 0.846. The Balaban J connectivity index is 2.79. The number of carboxylic acid groups (broad SMARTS) is 1. The molecule has 1 atom stereocenters. The molecule has 1 aliphatic rings. The topological polar surface area (TPSA) is 69.6 Å². The van der Waals surface area contributed by atoms with E-state index >= 15 is 0 Å². The molecule has 5 heteroatoms. The summed E-state index contributed by atoms with van der Waals surface area (Å²) < 4.78 is 0. The lowest BCUT2D eigenvalue weighted by Crippen LogP contribution is -2.50. The first kappa shape index (κ1) is 15.0. The van der Waals surface area contributed by atoms with Crippen LogP contribution in [0.2, 0.25) is 0 Å². The minimum atomic E-state index is -1.03. The van der Waals surface area contributed by atoms with Crippen molar-refractivity contribution in [3.8, 4) is 0 Å². The van der Waals surface area contributed by atoms with Gasteiger partial charge < -0.3 is 15.3 Å². The van der Waals surface area contributed by atoms with Gasteiger partial charge in [0.25, 0.3) is 0 Å². The van der Waals surface area contributed by atoms with Crippen LogP contribution >= 0.6 is 0 Å². The zero-order valence-corrected chi connectivity index (χ0v) is 11.7. The van der Waals surface area contributed by atoms with Gasteiger partial charge in [-0.25, -0.2) is 0 Å². The van der Waals surface area contributed by atoms with Crippen molar-refractivity contribution in [2.45, 2.75) is 39.7 Å². The highest BCUT2D eigenvalue weighted by Gasteiger charge is 2.40. The number of rotatable bonds is 3. The minimum absolute atomic E-state index is 0.156. The maximum absolute atomic E-state index is 12.4. The third-order valence-electron chi connectivity index (χ3n) is 3.56. The van der Waals surface area contributed by atoms with Gasteiger partial charge in [0.05, 0.1) is 0 Å². The standard InChI is InChI=1S/C13H24N2O3/c1-13(2,3)10(12(17)18)11(16)15(4)9-5-7-14-8-6-9/h9-10,14H,5-8H2,1-4H3,(H,17,18). The van der Waals surface area contributed by atoms with Gasteiger partial charge in [0.2, 0.25) is 5.91 Å². The Morgan fingerprint density at radius 2 is 1.78 bits per heavy atom. The number of piperidine rings is 1. The number of hydrogen-bond acceptors (Lipinski definition) is 3. The van der Waals surface area contributed by atoms with Gasteiger partial charge in [-0.3, -0.25) is 9.59 Å². The van der Waals surface area contributed by atoms with Gasteiger partial charge in [-0.1, -0.05) is 20.8 Å². The fourth-order valence-electron chi connectivity index (χ4n) is 2.42. The Labute approximate surface area is 109 Å². The van der Waals surface area contributed by atoms with E-state index in [0.717, 1.165) is 25.9 Å². The summed E-state index contributed by atoms with van der Waals surface area (Å²) in [7, 11) is 1.72. The zero-order valence-electron chi connectivity index (χ0n) is 11.7. The smallest absolute Gasteiger partial charge is 0.316 e. The predicted octanol–water partition coefficient (Wildman–Crippen LogP) is 0.944. The van der Waals surface area contributed by atoms with Crippen LogP contribution in [0.25, 0.3) is 0 Å². The molecular formula is C13H24N2O3. The summed E-state index contributed by atoms with van der Waals surface area (Å²) >= 11 is 0. The molecule has 0 radical (unpaired) electrons. The average molecular weight is 256 g/mol. The molecule has 0 bridgehead atoms. The lowest BCUT2D eigenvalue weighted by molar-refractivity contribution is -0.156. The van der Waals surface area contributed by atoms with E-state index in [2.05, 4.69) is 5.32 Å². The van der Waals surface area contributed by atoms with Gasteiger partial charge in [0, 0.05) is 13.1 Å². The highest BCUT2D eigenvalue weighted by molar-refractivity contribution is 5.97. The molecule has 1 heterocycles. The van der Waals surface area contributed by atoms with E-state index < -0.39 is 17.3 Å². The molecule has 1 amide bonds. The van der Waals surface area contributed by atoms with Crippen molar-refractivity contribution in [3.63, 3.8) is 0 Å². The Morgan fingerprint density at radius 1 is 1.28 bits per heavy atom. The van der Waals surface area contributed by atoms with Crippen molar-refractivity contribution >= 4 is 11.9 Å². The highest BCUT2D eigenvalue weighted by Crippen LogP contribution is 2.29. The first-order valence-corrected chi connectivity index (χ1v) is 6.45. The van der Waals surface area contributed by atoms with Crippen molar-refractivity contribution in [1.82, 2.24) is 10.2 Å². The summed E-state index contributed by atoms with van der Waals surface area (Å²) in [5, 5.41) is 12.5. The first-order chi connectivity index (χ1) is 8.25. The normalized spacial score (nSPS) is 19.3. The van der Waals surface area contributed by atoms with Crippen molar-refractivity contribution in [3.05, 3.63) is 0 Å². The first-order valence-electron chi connectivity index (χ1n) is 6.45. The molecule has 18 heavy (non-hydrogen) atoms. The van der Waals surface area contributed by atoms with E-state index in [-0.39, 0.29) is 11.9 Å². The van der Waals surface area contributed by atoms with Gasteiger partial charge in [-0.2, -0.15) is 0 Å². The quantitative estimate of drug-likeness (QED) is 0.737. The van der Waals surface area contributed by atoms with Crippen LogP contribution in [0.4, 0.5) is 0 Å². The molecule has 1 rings (SSSR count). The highest BCUT2D eigenvalue weighted by atomic mass is 16.4. The van der Waals surface area contributed by atoms with Gasteiger partial charge in [-0.05, 0) is 31.3 Å². The number of hydrogen-bond donors (Lipinski definition) is 2. The van der Waals surface area contributed by atoms with Crippen molar-refractivity contribution in [2.24, 2.45) is 11.3 Å². The third kappa shape index (κ3) is 3.45. The summed E-state index contributed by atoms with van der Waals surface area (Å²) in [5.41, 5.74) is -0.565. The second kappa shape index (κ2) is 5.69. The van der Waals surface area contributed by atoms with E-state index in [0.29, 0.717) is 0 Å². The van der Waals surface area contributed by atoms with Gasteiger partial charge in [0.15, 0.2) is 0 Å². The van der Waals surface area contributed by atoms with Gasteiger partial charge >= 0.3 is 5.97 Å². The summed E-state index contributed by atoms with van der Waals surface area (Å²) in [6.07, 6.45) is 1.78. The predicted molar refractivity (Wildman–Crippen MR) is 69.2 cm³/mol. The number of amides is 1. The number of nitrogens with zero attached hydrogens (tertiary/aromatic N) is 1. The zero-order chi connectivity index (χ0) is 13.9. The molecule has 5 nitrogen and oxygen atoms in total. The number of carbonyl (C=O) groups is 2. The molecule has 0 aromatic rings. The van der Waals surface area contributed by atoms with Gasteiger partial charge in [-0.15, -0.1) is 0 Å². The fourth-order valence-corrected chi connectivity index (χ4v) is 2.42. The Kier molecular flexibility index (Phi) is 4.73. The number of carbonyl (C=O) groups excluding carboxylic acids is 1. The Bertz CT molecular complexity index is 317. The monoisotopic (exact) mass is 256 g/mol. The minimum Gasteiger partial charge on any atom is -0.481 e. The number of carboxylic acids is 1. The largest absolute Gasteiger partial charge is 0.481 e. The van der Waals surface area contributed by atoms with Crippen LogP contribution in [0.5, 0.6) is 0 Å². The van der Waals surface area contributed by atoms with E-state index in [1.165, 1.54) is 0 Å². The molecule has 1 fully saturated rings. The van der Waals surface area contributed by atoms with E-state index in [1.54, 1.807) is 32.7 Å². The molecule has 104 valence electrons. The van der Waals surface area contributed by atoms with E-state index in [9.17, 15) is 14.7 Å². The lowest BCUT2D eigenvalue weighted by atomic mass is 9.79.